The van der Waals surface area contributed by atoms with Crippen molar-refractivity contribution in [3.8, 4) is 5.75 Å². The van der Waals surface area contributed by atoms with E-state index in [0.29, 0.717) is 32.6 Å². The zero-order valence-corrected chi connectivity index (χ0v) is 25.3. The first-order chi connectivity index (χ1) is 21.2. The molecule has 3 heterocycles. The Kier molecular flexibility index (Phi) is 8.11. The number of fused-ring (bicyclic) bond motifs is 2. The van der Waals surface area contributed by atoms with Gasteiger partial charge in [0.25, 0.3) is 5.91 Å². The van der Waals surface area contributed by atoms with E-state index in [0.717, 1.165) is 27.4 Å². The molecule has 44 heavy (non-hydrogen) atoms. The molecular formula is C32H27N3O7S2. The second-order valence-corrected chi connectivity index (χ2v) is 12.5. The van der Waals surface area contributed by atoms with Crippen LogP contribution >= 0.6 is 23.1 Å². The van der Waals surface area contributed by atoms with Crippen molar-refractivity contribution in [2.24, 2.45) is 5.92 Å². The number of carbonyl (C=O) groups excluding carboxylic acids is 4. The molecule has 0 saturated carbocycles. The van der Waals surface area contributed by atoms with Crippen LogP contribution in [-0.4, -0.2) is 47.1 Å². The molecule has 1 aromatic heterocycles. The third-order valence-corrected chi connectivity index (χ3v) is 9.77. The lowest BCUT2D eigenvalue weighted by Crippen LogP contribution is -2.32. The number of aromatic nitrogens is 1. The van der Waals surface area contributed by atoms with E-state index >= 15 is 0 Å². The maximum Gasteiger partial charge on any atom is 0.338 e. The first kappa shape index (κ1) is 29.4. The predicted molar refractivity (Wildman–Crippen MR) is 167 cm³/mol. The van der Waals surface area contributed by atoms with Gasteiger partial charge in [-0.15, -0.1) is 0 Å². The minimum Gasteiger partial charge on any atom is -0.484 e. The van der Waals surface area contributed by atoms with Gasteiger partial charge in [0.05, 0.1) is 28.8 Å². The summed E-state index contributed by atoms with van der Waals surface area (Å²) in [4.78, 5) is 68.9. The third-order valence-electron chi connectivity index (χ3n) is 7.37. The summed E-state index contributed by atoms with van der Waals surface area (Å²) in [6.07, 6.45) is 0. The summed E-state index contributed by atoms with van der Waals surface area (Å²) < 4.78 is 10.7. The Bertz CT molecular complexity index is 1810. The fraction of sp³-hybridized carbons (Fsp3) is 0.219. The molecule has 2 aliphatic rings. The second-order valence-electron chi connectivity index (χ2n) is 10.3. The van der Waals surface area contributed by atoms with E-state index < -0.39 is 29.0 Å². The minimum absolute atomic E-state index is 0.196. The number of rotatable bonds is 8. The number of esters is 1. The molecule has 0 bridgehead atoms. The van der Waals surface area contributed by atoms with Gasteiger partial charge in [0.2, 0.25) is 11.8 Å². The normalized spacial score (nSPS) is 18.9. The Labute approximate surface area is 260 Å². The Balaban J connectivity index is 1.23. The highest BCUT2D eigenvalue weighted by atomic mass is 32.2. The van der Waals surface area contributed by atoms with Gasteiger partial charge >= 0.3 is 10.8 Å². The van der Waals surface area contributed by atoms with E-state index in [1.807, 2.05) is 25.1 Å². The fourth-order valence-corrected chi connectivity index (χ4v) is 7.95. The molecule has 3 amide bonds. The molecule has 0 spiro atoms. The first-order valence-corrected chi connectivity index (χ1v) is 15.6. The SMILES string of the molecule is CCOC(=O)c1ccc(N2C(=O)C3Sc4[nH]c(=O)sc4[C@H](c4ccc(OCC(=O)Nc5cccc(C)c5)cc4)C3C2=O)cc1. The van der Waals surface area contributed by atoms with Crippen LogP contribution in [0.25, 0.3) is 0 Å². The lowest BCUT2D eigenvalue weighted by Gasteiger charge is -2.29. The summed E-state index contributed by atoms with van der Waals surface area (Å²) >= 11 is 2.21. The van der Waals surface area contributed by atoms with E-state index in [1.54, 1.807) is 49.4 Å². The molecule has 6 rings (SSSR count). The molecule has 1 fully saturated rings. The number of amides is 3. The summed E-state index contributed by atoms with van der Waals surface area (Å²) in [6, 6.07) is 20.6. The van der Waals surface area contributed by atoms with E-state index in [-0.39, 0.29) is 29.9 Å². The maximum atomic E-state index is 13.9. The summed E-state index contributed by atoms with van der Waals surface area (Å²) in [7, 11) is 0. The van der Waals surface area contributed by atoms with Crippen molar-refractivity contribution in [2.75, 3.05) is 23.4 Å². The average Bonchev–Trinajstić information content (AvgIpc) is 3.50. The lowest BCUT2D eigenvalue weighted by atomic mass is 9.83. The molecule has 2 unspecified atom stereocenters. The monoisotopic (exact) mass is 629 g/mol. The number of hydrogen-bond acceptors (Lipinski definition) is 9. The van der Waals surface area contributed by atoms with Crippen LogP contribution in [0.15, 0.2) is 82.6 Å². The number of anilines is 2. The first-order valence-electron chi connectivity index (χ1n) is 13.9. The second kappa shape index (κ2) is 12.1. The number of imide groups is 1. The molecule has 4 aromatic rings. The lowest BCUT2D eigenvalue weighted by molar-refractivity contribution is -0.122. The summed E-state index contributed by atoms with van der Waals surface area (Å²) in [5, 5.41) is 2.62. The van der Waals surface area contributed by atoms with Crippen molar-refractivity contribution in [1.29, 1.82) is 0 Å². The van der Waals surface area contributed by atoms with E-state index in [2.05, 4.69) is 10.3 Å². The van der Waals surface area contributed by atoms with E-state index in [4.69, 9.17) is 9.47 Å². The van der Waals surface area contributed by atoms with Crippen LogP contribution in [0.2, 0.25) is 0 Å². The van der Waals surface area contributed by atoms with Crippen LogP contribution in [0, 0.1) is 12.8 Å². The Morgan fingerprint density at radius 1 is 0.977 bits per heavy atom. The number of aryl methyl sites for hydroxylation is 1. The molecule has 0 radical (unpaired) electrons. The van der Waals surface area contributed by atoms with Gasteiger partial charge in [-0.2, -0.15) is 0 Å². The predicted octanol–water partition coefficient (Wildman–Crippen LogP) is 4.73. The molecule has 0 aliphatic carbocycles. The largest absolute Gasteiger partial charge is 0.484 e. The van der Waals surface area contributed by atoms with E-state index in [1.165, 1.54) is 23.9 Å². The Hall–Kier alpha value is -4.68. The molecule has 1 saturated heterocycles. The number of hydrogen-bond donors (Lipinski definition) is 2. The molecule has 3 aromatic carbocycles. The molecule has 2 aliphatic heterocycles. The average molecular weight is 630 g/mol. The zero-order chi connectivity index (χ0) is 31.0. The maximum absolute atomic E-state index is 13.9. The van der Waals surface area contributed by atoms with Gasteiger partial charge in [0.1, 0.15) is 11.0 Å². The van der Waals surface area contributed by atoms with Crippen LogP contribution in [0.3, 0.4) is 0 Å². The number of H-pyrrole nitrogens is 1. The standard InChI is InChI=1S/C32H27N3O7S2/c1-3-41-31(39)19-7-11-21(12-8-19)35-29(37)25-24(26-28(34-32(40)44-26)43-27(25)30(35)38)18-9-13-22(14-10-18)42-16-23(36)33-20-6-4-5-17(2)15-20/h4-15,24-25,27H,3,16H2,1-2H3,(H,33,36)(H,34,40)/t24-,25?,27?/m1/s1. The van der Waals surface area contributed by atoms with Gasteiger partial charge < -0.3 is 19.8 Å². The highest BCUT2D eigenvalue weighted by molar-refractivity contribution is 8.00. The Morgan fingerprint density at radius 3 is 2.43 bits per heavy atom. The number of benzene rings is 3. The van der Waals surface area contributed by atoms with Crippen molar-refractivity contribution < 1.29 is 28.7 Å². The van der Waals surface area contributed by atoms with Gasteiger partial charge in [-0.3, -0.25) is 19.2 Å². The van der Waals surface area contributed by atoms with Crippen molar-refractivity contribution >= 4 is 58.2 Å². The Morgan fingerprint density at radius 2 is 1.73 bits per heavy atom. The van der Waals surface area contributed by atoms with Crippen molar-refractivity contribution in [3.05, 3.63) is 104 Å². The number of carbonyl (C=O) groups is 4. The van der Waals surface area contributed by atoms with E-state index in [9.17, 15) is 24.0 Å². The van der Waals surface area contributed by atoms with Crippen molar-refractivity contribution in [3.63, 3.8) is 0 Å². The number of nitrogens with one attached hydrogen (secondary N) is 2. The smallest absolute Gasteiger partial charge is 0.338 e. The molecule has 3 atom stereocenters. The number of ether oxygens (including phenoxy) is 2. The number of nitrogens with zero attached hydrogens (tertiary/aromatic N) is 1. The van der Waals surface area contributed by atoms with Crippen LogP contribution in [0.5, 0.6) is 5.75 Å². The fourth-order valence-electron chi connectivity index (χ4n) is 5.43. The zero-order valence-electron chi connectivity index (χ0n) is 23.7. The molecule has 10 nitrogen and oxygen atoms in total. The highest BCUT2D eigenvalue weighted by Crippen LogP contribution is 2.53. The number of aromatic amines is 1. The van der Waals surface area contributed by atoms with Gasteiger partial charge in [-0.1, -0.05) is 47.4 Å². The third kappa shape index (κ3) is 5.65. The molecule has 224 valence electrons. The number of thioether (sulfide) groups is 1. The number of thiazole rings is 1. The molecular weight excluding hydrogens is 603 g/mol. The van der Waals surface area contributed by atoms with Gasteiger partial charge in [0, 0.05) is 16.5 Å². The quantitative estimate of drug-likeness (QED) is 0.211. The molecule has 12 heteroatoms. The van der Waals surface area contributed by atoms with Crippen LogP contribution in [0.1, 0.15) is 39.2 Å². The summed E-state index contributed by atoms with van der Waals surface area (Å²) in [5.41, 5.74) is 3.10. The minimum atomic E-state index is -0.761. The van der Waals surface area contributed by atoms with Crippen LogP contribution < -0.4 is 19.8 Å². The summed E-state index contributed by atoms with van der Waals surface area (Å²) in [5.74, 6) is -2.44. The van der Waals surface area contributed by atoms with Crippen LogP contribution in [0.4, 0.5) is 11.4 Å². The topological polar surface area (TPSA) is 135 Å². The van der Waals surface area contributed by atoms with Crippen molar-refractivity contribution in [2.45, 2.75) is 30.0 Å². The molecule has 2 N–H and O–H groups in total. The van der Waals surface area contributed by atoms with Gasteiger partial charge in [-0.25, -0.2) is 9.69 Å². The van der Waals surface area contributed by atoms with Gasteiger partial charge in [-0.05, 0) is 73.5 Å². The van der Waals surface area contributed by atoms with Gasteiger partial charge in [0.15, 0.2) is 6.61 Å². The summed E-state index contributed by atoms with van der Waals surface area (Å²) in [6.45, 7) is 3.68. The highest BCUT2D eigenvalue weighted by Gasteiger charge is 2.56. The van der Waals surface area contributed by atoms with Crippen molar-refractivity contribution in [1.82, 2.24) is 4.98 Å². The van der Waals surface area contributed by atoms with Crippen LogP contribution in [-0.2, 0) is 19.1 Å².